The lowest BCUT2D eigenvalue weighted by Gasteiger charge is -2.31. The van der Waals surface area contributed by atoms with Crippen molar-refractivity contribution in [2.75, 3.05) is 20.1 Å². The Morgan fingerprint density at radius 2 is 2.33 bits per heavy atom. The summed E-state index contributed by atoms with van der Waals surface area (Å²) in [6.45, 7) is 0.985. The predicted octanol–water partition coefficient (Wildman–Crippen LogP) is 1.11. The van der Waals surface area contributed by atoms with E-state index in [0.29, 0.717) is 13.1 Å². The van der Waals surface area contributed by atoms with E-state index in [1.54, 1.807) is 12.1 Å². The predicted molar refractivity (Wildman–Crippen MR) is 70.1 cm³/mol. The molecule has 1 aromatic heterocycles. The van der Waals surface area contributed by atoms with E-state index < -0.39 is 10.0 Å². The van der Waals surface area contributed by atoms with E-state index in [-0.39, 0.29) is 16.1 Å². The first-order valence-electron chi connectivity index (χ1n) is 5.83. The van der Waals surface area contributed by atoms with Crippen molar-refractivity contribution in [3.63, 3.8) is 0 Å². The van der Waals surface area contributed by atoms with Crippen LogP contribution in [0.4, 0.5) is 0 Å². The molecule has 1 aliphatic heterocycles. The van der Waals surface area contributed by atoms with E-state index in [4.69, 9.17) is 11.6 Å². The van der Waals surface area contributed by atoms with Gasteiger partial charge in [0.25, 0.3) is 10.0 Å². The standard InChI is InChI=1S/C11H16ClN3O2S/c1-13-9-4-3-7-15(8-9)18(16,17)11-10(12)5-2-6-14-11/h2,5-6,9,13H,3-4,7-8H2,1H3/t9-/m1/s1. The van der Waals surface area contributed by atoms with Gasteiger partial charge >= 0.3 is 0 Å². The van der Waals surface area contributed by atoms with Gasteiger partial charge in [-0.3, -0.25) is 0 Å². The molecule has 100 valence electrons. The molecule has 2 heterocycles. The molecular formula is C11H16ClN3O2S. The van der Waals surface area contributed by atoms with Crippen LogP contribution in [0.25, 0.3) is 0 Å². The Morgan fingerprint density at radius 3 is 3.00 bits per heavy atom. The average molecular weight is 290 g/mol. The molecule has 0 radical (unpaired) electrons. The second-order valence-corrected chi connectivity index (χ2v) is 6.54. The van der Waals surface area contributed by atoms with Crippen LogP contribution in [0.2, 0.25) is 5.02 Å². The van der Waals surface area contributed by atoms with Crippen molar-refractivity contribution in [3.05, 3.63) is 23.4 Å². The number of pyridine rings is 1. The van der Waals surface area contributed by atoms with Crippen molar-refractivity contribution in [2.45, 2.75) is 23.9 Å². The fourth-order valence-electron chi connectivity index (χ4n) is 2.08. The molecule has 1 N–H and O–H groups in total. The summed E-state index contributed by atoms with van der Waals surface area (Å²) in [5, 5.41) is 3.23. The molecule has 2 rings (SSSR count). The monoisotopic (exact) mass is 289 g/mol. The summed E-state index contributed by atoms with van der Waals surface area (Å²) in [6.07, 6.45) is 3.27. The van der Waals surface area contributed by atoms with Gasteiger partial charge in [0.05, 0.1) is 5.02 Å². The molecule has 0 unspecified atom stereocenters. The van der Waals surface area contributed by atoms with E-state index in [2.05, 4.69) is 10.3 Å². The number of nitrogens with zero attached hydrogens (tertiary/aromatic N) is 2. The number of sulfonamides is 1. The normalized spacial score (nSPS) is 22.0. The van der Waals surface area contributed by atoms with Crippen molar-refractivity contribution in [3.8, 4) is 0 Å². The molecule has 1 aromatic rings. The Bertz CT molecular complexity index is 521. The zero-order chi connectivity index (χ0) is 13.2. The third kappa shape index (κ3) is 2.66. The minimum absolute atomic E-state index is 0.0524. The van der Waals surface area contributed by atoms with E-state index in [1.165, 1.54) is 10.5 Å². The molecule has 1 saturated heterocycles. The Hall–Kier alpha value is -0.690. The van der Waals surface area contributed by atoms with Crippen LogP contribution in [0, 0.1) is 0 Å². The zero-order valence-corrected chi connectivity index (χ0v) is 11.7. The molecule has 0 aliphatic carbocycles. The SMILES string of the molecule is CN[C@@H]1CCCN(S(=O)(=O)c2ncccc2Cl)C1. The topological polar surface area (TPSA) is 62.3 Å². The Labute approximate surface area is 112 Å². The lowest BCUT2D eigenvalue weighted by atomic mass is 10.1. The van der Waals surface area contributed by atoms with Crippen LogP contribution in [-0.2, 0) is 10.0 Å². The molecular weight excluding hydrogens is 274 g/mol. The highest BCUT2D eigenvalue weighted by Crippen LogP contribution is 2.24. The number of hydrogen-bond acceptors (Lipinski definition) is 4. The van der Waals surface area contributed by atoms with Crippen LogP contribution in [-0.4, -0.2) is 43.9 Å². The van der Waals surface area contributed by atoms with Gasteiger partial charge in [0.2, 0.25) is 0 Å². The van der Waals surface area contributed by atoms with E-state index in [0.717, 1.165) is 12.8 Å². The second kappa shape index (κ2) is 5.52. The lowest BCUT2D eigenvalue weighted by Crippen LogP contribution is -2.47. The van der Waals surface area contributed by atoms with Gasteiger partial charge in [-0.15, -0.1) is 0 Å². The Balaban J connectivity index is 2.29. The fourth-order valence-corrected chi connectivity index (χ4v) is 3.99. The zero-order valence-electron chi connectivity index (χ0n) is 10.1. The maximum Gasteiger partial charge on any atom is 0.262 e. The number of piperidine rings is 1. The van der Waals surface area contributed by atoms with Crippen molar-refractivity contribution in [1.82, 2.24) is 14.6 Å². The van der Waals surface area contributed by atoms with E-state index >= 15 is 0 Å². The van der Waals surface area contributed by atoms with Gasteiger partial charge in [-0.2, -0.15) is 4.31 Å². The molecule has 1 atom stereocenters. The number of rotatable bonds is 3. The van der Waals surface area contributed by atoms with Crippen molar-refractivity contribution in [2.24, 2.45) is 0 Å². The largest absolute Gasteiger partial charge is 0.316 e. The molecule has 1 fully saturated rings. The van der Waals surface area contributed by atoms with Crippen molar-refractivity contribution < 1.29 is 8.42 Å². The molecule has 1 aliphatic rings. The molecule has 0 amide bonds. The summed E-state index contributed by atoms with van der Waals surface area (Å²) in [6, 6.07) is 3.35. The van der Waals surface area contributed by atoms with Gasteiger partial charge in [-0.1, -0.05) is 11.6 Å². The molecule has 0 bridgehead atoms. The molecule has 7 heteroatoms. The molecule has 0 spiro atoms. The van der Waals surface area contributed by atoms with Gasteiger partial charge in [0.1, 0.15) is 0 Å². The number of likely N-dealkylation sites (N-methyl/N-ethyl adjacent to an activating group) is 1. The van der Waals surface area contributed by atoms with Crippen LogP contribution in [0.5, 0.6) is 0 Å². The number of halogens is 1. The first kappa shape index (κ1) is 13.7. The van der Waals surface area contributed by atoms with Crippen LogP contribution in [0.1, 0.15) is 12.8 Å². The van der Waals surface area contributed by atoms with Gasteiger partial charge in [0, 0.05) is 25.3 Å². The maximum atomic E-state index is 12.4. The van der Waals surface area contributed by atoms with E-state index in [9.17, 15) is 8.42 Å². The summed E-state index contributed by atoms with van der Waals surface area (Å²) in [7, 11) is -1.74. The third-order valence-corrected chi connectivity index (χ3v) is 5.34. The highest BCUT2D eigenvalue weighted by Gasteiger charge is 2.31. The Kier molecular flexibility index (Phi) is 4.21. The average Bonchev–Trinajstić information content (AvgIpc) is 2.39. The number of aromatic nitrogens is 1. The Morgan fingerprint density at radius 1 is 1.56 bits per heavy atom. The highest BCUT2D eigenvalue weighted by molar-refractivity contribution is 7.89. The van der Waals surface area contributed by atoms with E-state index in [1.807, 2.05) is 7.05 Å². The minimum Gasteiger partial charge on any atom is -0.316 e. The summed E-state index contributed by atoms with van der Waals surface area (Å²) in [4.78, 5) is 3.89. The van der Waals surface area contributed by atoms with Crippen molar-refractivity contribution >= 4 is 21.6 Å². The van der Waals surface area contributed by atoms with Crippen LogP contribution < -0.4 is 5.32 Å². The quantitative estimate of drug-likeness (QED) is 0.905. The maximum absolute atomic E-state index is 12.4. The van der Waals surface area contributed by atoms with Gasteiger partial charge in [-0.25, -0.2) is 13.4 Å². The molecule has 5 nitrogen and oxygen atoms in total. The summed E-state index contributed by atoms with van der Waals surface area (Å²) >= 11 is 5.91. The summed E-state index contributed by atoms with van der Waals surface area (Å²) in [5.41, 5.74) is 0. The number of nitrogens with one attached hydrogen (secondary N) is 1. The van der Waals surface area contributed by atoms with Crippen LogP contribution in [0.15, 0.2) is 23.4 Å². The van der Waals surface area contributed by atoms with Gasteiger partial charge in [-0.05, 0) is 32.0 Å². The summed E-state index contributed by atoms with van der Waals surface area (Å²) < 4.78 is 26.3. The summed E-state index contributed by atoms with van der Waals surface area (Å²) in [5.74, 6) is 0. The lowest BCUT2D eigenvalue weighted by molar-refractivity contribution is 0.292. The minimum atomic E-state index is -3.59. The second-order valence-electron chi connectivity index (χ2n) is 4.28. The fraction of sp³-hybridized carbons (Fsp3) is 0.545. The molecule has 0 aromatic carbocycles. The number of hydrogen-bond donors (Lipinski definition) is 1. The molecule has 0 saturated carbocycles. The molecule has 18 heavy (non-hydrogen) atoms. The first-order valence-corrected chi connectivity index (χ1v) is 7.65. The van der Waals surface area contributed by atoms with Crippen LogP contribution >= 0.6 is 11.6 Å². The third-order valence-electron chi connectivity index (χ3n) is 3.10. The van der Waals surface area contributed by atoms with Gasteiger partial charge < -0.3 is 5.32 Å². The van der Waals surface area contributed by atoms with Crippen LogP contribution in [0.3, 0.4) is 0 Å². The first-order chi connectivity index (χ1) is 8.55. The van der Waals surface area contributed by atoms with Crippen molar-refractivity contribution in [1.29, 1.82) is 0 Å². The van der Waals surface area contributed by atoms with Gasteiger partial charge in [0.15, 0.2) is 5.03 Å². The highest BCUT2D eigenvalue weighted by atomic mass is 35.5. The smallest absolute Gasteiger partial charge is 0.262 e.